The van der Waals surface area contributed by atoms with E-state index in [0.717, 1.165) is 16.4 Å². The predicted octanol–water partition coefficient (Wildman–Crippen LogP) is 0.458. The van der Waals surface area contributed by atoms with Gasteiger partial charge in [-0.2, -0.15) is 4.31 Å². The van der Waals surface area contributed by atoms with Crippen LogP contribution in [0.25, 0.3) is 0 Å². The average Bonchev–Trinajstić information content (AvgIpc) is 3.10. The largest absolute Gasteiger partial charge is 0.349 e. The molecule has 1 atom stereocenters. The first-order valence-electron chi connectivity index (χ1n) is 7.70. The number of halogens is 2. The van der Waals surface area contributed by atoms with Crippen LogP contribution in [0, 0.1) is 10.1 Å². The van der Waals surface area contributed by atoms with Gasteiger partial charge >= 0.3 is 0 Å². The molecule has 9 nitrogen and oxygen atoms in total. The van der Waals surface area contributed by atoms with Crippen LogP contribution in [0.1, 0.15) is 12.8 Å². The zero-order valence-corrected chi connectivity index (χ0v) is 14.4. The Balaban J connectivity index is 2.21. The second kappa shape index (κ2) is 7.60. The summed E-state index contributed by atoms with van der Waals surface area (Å²) < 4.78 is 52.7. The minimum Gasteiger partial charge on any atom is -0.349 e. The summed E-state index contributed by atoms with van der Waals surface area (Å²) >= 11 is 0. The molecule has 12 heteroatoms. The van der Waals surface area contributed by atoms with Crippen molar-refractivity contribution in [3.63, 3.8) is 0 Å². The fraction of sp³-hybridized carbons (Fsp3) is 0.500. The van der Waals surface area contributed by atoms with Crippen LogP contribution < -0.4 is 11.1 Å². The van der Waals surface area contributed by atoms with Gasteiger partial charge in [0.25, 0.3) is 11.6 Å². The molecule has 1 unspecified atom stereocenters. The summed E-state index contributed by atoms with van der Waals surface area (Å²) in [6, 6.07) is 3.27. The molecular weight excluding hydrogens is 374 g/mol. The van der Waals surface area contributed by atoms with Gasteiger partial charge in [-0.3, -0.25) is 14.9 Å². The molecule has 1 amide bonds. The first-order chi connectivity index (χ1) is 12.1. The number of carbonyl (C=O) groups is 1. The Bertz CT molecular complexity index is 802. The van der Waals surface area contributed by atoms with Crippen molar-refractivity contribution in [3.8, 4) is 0 Å². The number of nitrogens with two attached hydrogens (primary N) is 1. The Kier molecular flexibility index (Phi) is 5.88. The lowest BCUT2D eigenvalue weighted by Gasteiger charge is -2.24. The maximum Gasteiger partial charge on any atom is 0.277 e. The zero-order valence-electron chi connectivity index (χ0n) is 13.6. The average molecular weight is 392 g/mol. The fourth-order valence-corrected chi connectivity index (χ4v) is 4.29. The number of hydrogen-bond donors (Lipinski definition) is 2. The molecule has 0 bridgehead atoms. The van der Waals surface area contributed by atoms with E-state index in [9.17, 15) is 32.1 Å². The molecule has 0 spiro atoms. The fourth-order valence-electron chi connectivity index (χ4n) is 2.59. The lowest BCUT2D eigenvalue weighted by Crippen LogP contribution is -2.49. The Hall–Kier alpha value is -2.18. The number of rotatable bonds is 7. The van der Waals surface area contributed by atoms with Crippen molar-refractivity contribution in [1.29, 1.82) is 0 Å². The first-order valence-corrected chi connectivity index (χ1v) is 9.14. The van der Waals surface area contributed by atoms with E-state index in [1.54, 1.807) is 0 Å². The van der Waals surface area contributed by atoms with Gasteiger partial charge in [-0.25, -0.2) is 17.2 Å². The number of non-ortho nitro benzene ring substituents is 1. The molecule has 144 valence electrons. The molecular formula is C14H18F2N4O5S. The summed E-state index contributed by atoms with van der Waals surface area (Å²) in [5.74, 6) is -4.15. The van der Waals surface area contributed by atoms with Gasteiger partial charge < -0.3 is 11.1 Å². The monoisotopic (exact) mass is 392 g/mol. The molecule has 1 fully saturated rings. The van der Waals surface area contributed by atoms with Gasteiger partial charge in [-0.1, -0.05) is 6.07 Å². The van der Waals surface area contributed by atoms with Crippen molar-refractivity contribution in [3.05, 3.63) is 34.4 Å². The Morgan fingerprint density at radius 3 is 2.77 bits per heavy atom. The van der Waals surface area contributed by atoms with E-state index < -0.39 is 51.6 Å². The van der Waals surface area contributed by atoms with E-state index in [1.165, 1.54) is 12.1 Å². The molecule has 1 aliphatic rings. The van der Waals surface area contributed by atoms with E-state index in [4.69, 9.17) is 5.73 Å². The highest BCUT2D eigenvalue weighted by molar-refractivity contribution is 7.89. The summed E-state index contributed by atoms with van der Waals surface area (Å²) in [4.78, 5) is 21.9. The number of carbonyl (C=O) groups excluding carboxylic acids is 1. The Labute approximate surface area is 148 Å². The quantitative estimate of drug-likeness (QED) is 0.511. The lowest BCUT2D eigenvalue weighted by molar-refractivity contribution is -0.385. The van der Waals surface area contributed by atoms with Crippen molar-refractivity contribution < 1.29 is 26.9 Å². The van der Waals surface area contributed by atoms with Crippen LogP contribution in [-0.4, -0.2) is 55.2 Å². The van der Waals surface area contributed by atoms with Crippen LogP contribution in [0.2, 0.25) is 0 Å². The standard InChI is InChI=1S/C14H18F2N4O5S/c15-14(16,8-17)9-18-13(21)12-5-2-6-19(12)26(24,25)11-4-1-3-10(7-11)20(22)23/h1,3-4,7,12H,2,5-6,8-9,17H2,(H,18,21). The van der Waals surface area contributed by atoms with E-state index in [1.807, 2.05) is 5.32 Å². The van der Waals surface area contributed by atoms with E-state index in [-0.39, 0.29) is 17.9 Å². The zero-order chi connectivity index (χ0) is 19.5. The molecule has 1 aromatic carbocycles. The van der Waals surface area contributed by atoms with Crippen molar-refractivity contribution in [2.24, 2.45) is 5.73 Å². The van der Waals surface area contributed by atoms with Gasteiger partial charge in [-0.15, -0.1) is 0 Å². The van der Waals surface area contributed by atoms with Gasteiger partial charge in [0.15, 0.2) is 0 Å². The summed E-state index contributed by atoms with van der Waals surface area (Å²) in [6.07, 6.45) is 0.522. The molecule has 0 saturated carbocycles. The smallest absolute Gasteiger partial charge is 0.277 e. The van der Waals surface area contributed by atoms with Crippen molar-refractivity contribution in [2.45, 2.75) is 29.7 Å². The Morgan fingerprint density at radius 1 is 1.46 bits per heavy atom. The van der Waals surface area contributed by atoms with Gasteiger partial charge in [-0.05, 0) is 18.9 Å². The Morgan fingerprint density at radius 2 is 2.15 bits per heavy atom. The molecule has 1 heterocycles. The lowest BCUT2D eigenvalue weighted by atomic mass is 10.2. The summed E-state index contributed by atoms with van der Waals surface area (Å²) in [7, 11) is -4.19. The molecule has 1 aliphatic heterocycles. The predicted molar refractivity (Wildman–Crippen MR) is 87.0 cm³/mol. The second-order valence-electron chi connectivity index (χ2n) is 5.81. The number of alkyl halides is 2. The topological polar surface area (TPSA) is 136 Å². The molecule has 2 rings (SSSR count). The van der Waals surface area contributed by atoms with Crippen molar-refractivity contribution in [2.75, 3.05) is 19.6 Å². The van der Waals surface area contributed by atoms with Crippen LogP contribution in [0.5, 0.6) is 0 Å². The van der Waals surface area contributed by atoms with Crippen LogP contribution >= 0.6 is 0 Å². The van der Waals surface area contributed by atoms with Crippen LogP contribution in [0.3, 0.4) is 0 Å². The third-order valence-corrected chi connectivity index (χ3v) is 5.87. The van der Waals surface area contributed by atoms with Crippen LogP contribution in [0.15, 0.2) is 29.2 Å². The first kappa shape index (κ1) is 20.1. The van der Waals surface area contributed by atoms with Gasteiger partial charge in [0.05, 0.1) is 22.9 Å². The van der Waals surface area contributed by atoms with Gasteiger partial charge in [0.2, 0.25) is 15.9 Å². The van der Waals surface area contributed by atoms with Crippen molar-refractivity contribution in [1.82, 2.24) is 9.62 Å². The number of nitrogens with zero attached hydrogens (tertiary/aromatic N) is 2. The summed E-state index contributed by atoms with van der Waals surface area (Å²) in [5.41, 5.74) is 4.49. The van der Waals surface area contributed by atoms with E-state index in [0.29, 0.717) is 6.42 Å². The van der Waals surface area contributed by atoms with Gasteiger partial charge in [0.1, 0.15) is 6.04 Å². The molecule has 26 heavy (non-hydrogen) atoms. The SMILES string of the molecule is NCC(F)(F)CNC(=O)C1CCCN1S(=O)(=O)c1cccc([N+](=O)[O-])c1. The second-order valence-corrected chi connectivity index (χ2v) is 7.70. The number of benzene rings is 1. The molecule has 1 saturated heterocycles. The maximum atomic E-state index is 13.2. The normalized spacial score (nSPS) is 18.7. The molecule has 3 N–H and O–H groups in total. The number of nitrogens with one attached hydrogen (secondary N) is 1. The number of nitro groups is 1. The summed E-state index contributed by atoms with van der Waals surface area (Å²) in [6.45, 7) is -1.94. The third kappa shape index (κ3) is 4.31. The number of amides is 1. The molecule has 0 aromatic heterocycles. The van der Waals surface area contributed by atoms with Crippen molar-refractivity contribution >= 4 is 21.6 Å². The summed E-state index contributed by atoms with van der Waals surface area (Å²) in [5, 5.41) is 12.8. The third-order valence-electron chi connectivity index (χ3n) is 3.96. The maximum absolute atomic E-state index is 13.2. The minimum atomic E-state index is -4.19. The minimum absolute atomic E-state index is 0.0103. The van der Waals surface area contributed by atoms with E-state index in [2.05, 4.69) is 0 Å². The highest BCUT2D eigenvalue weighted by Gasteiger charge is 2.40. The molecule has 0 aliphatic carbocycles. The van der Waals surface area contributed by atoms with E-state index >= 15 is 0 Å². The number of hydrogen-bond acceptors (Lipinski definition) is 6. The van der Waals surface area contributed by atoms with Crippen LogP contribution in [0.4, 0.5) is 14.5 Å². The van der Waals surface area contributed by atoms with Gasteiger partial charge in [0, 0.05) is 18.7 Å². The number of sulfonamides is 1. The molecule has 0 radical (unpaired) electrons. The highest BCUT2D eigenvalue weighted by atomic mass is 32.2. The number of nitro benzene ring substituents is 1. The molecule has 1 aromatic rings. The highest BCUT2D eigenvalue weighted by Crippen LogP contribution is 2.28. The van der Waals surface area contributed by atoms with Crippen LogP contribution in [-0.2, 0) is 14.8 Å².